The smallest absolute Gasteiger partial charge is 0.415 e. The minimum Gasteiger partial charge on any atom is -0.467 e. The molecule has 1 amide bonds. The molecule has 3 aromatic heterocycles. The molecule has 0 saturated carbocycles. The molecule has 0 saturated heterocycles. The number of amides is 1. The number of anilines is 1. The lowest BCUT2D eigenvalue weighted by molar-refractivity contribution is 0.0575. The number of halogens is 2. The van der Waals surface area contributed by atoms with E-state index in [0.29, 0.717) is 11.4 Å². The lowest BCUT2D eigenvalue weighted by Gasteiger charge is -2.27. The minimum atomic E-state index is -0.635. The van der Waals surface area contributed by atoms with Gasteiger partial charge < -0.3 is 9.15 Å². The maximum absolute atomic E-state index is 12.9. The summed E-state index contributed by atoms with van der Waals surface area (Å²) in [6, 6.07) is 7.12. The van der Waals surface area contributed by atoms with Gasteiger partial charge in [0, 0.05) is 10.5 Å². The zero-order chi connectivity index (χ0) is 19.1. The Hall–Kier alpha value is -1.99. The fourth-order valence-electron chi connectivity index (χ4n) is 2.53. The van der Waals surface area contributed by atoms with Crippen LogP contribution >= 0.6 is 27.5 Å². The van der Waals surface area contributed by atoms with Crippen LogP contribution in [0.5, 0.6) is 0 Å². The Balaban J connectivity index is 2.13. The van der Waals surface area contributed by atoms with Crippen molar-refractivity contribution in [2.75, 3.05) is 4.90 Å². The van der Waals surface area contributed by atoms with Gasteiger partial charge in [-0.05, 0) is 61.8 Å². The second-order valence-electron chi connectivity index (χ2n) is 6.87. The first-order valence-corrected chi connectivity index (χ1v) is 9.20. The van der Waals surface area contributed by atoms with Crippen LogP contribution in [0.25, 0.3) is 5.52 Å². The van der Waals surface area contributed by atoms with E-state index < -0.39 is 11.7 Å². The van der Waals surface area contributed by atoms with Gasteiger partial charge in [0.05, 0.1) is 29.7 Å². The van der Waals surface area contributed by atoms with E-state index in [2.05, 4.69) is 21.0 Å². The fraction of sp³-hybridized carbons (Fsp3) is 0.333. The van der Waals surface area contributed by atoms with Gasteiger partial charge in [-0.15, -0.1) is 0 Å². The second-order valence-corrected chi connectivity index (χ2v) is 8.11. The molecule has 0 aliphatic carbocycles. The van der Waals surface area contributed by atoms with Gasteiger partial charge in [-0.1, -0.05) is 11.6 Å². The number of hydrogen-bond donors (Lipinski definition) is 0. The molecule has 0 aliphatic heterocycles. The number of aryl methyl sites for hydroxylation is 1. The number of aromatic nitrogens is 2. The monoisotopic (exact) mass is 439 g/mol. The number of hydrogen-bond acceptors (Lipinski definition) is 4. The normalized spacial score (nSPS) is 11.8. The van der Waals surface area contributed by atoms with Gasteiger partial charge in [0.1, 0.15) is 11.4 Å². The van der Waals surface area contributed by atoms with Crippen LogP contribution in [-0.2, 0) is 11.3 Å². The van der Waals surface area contributed by atoms with Gasteiger partial charge in [0.2, 0.25) is 0 Å². The molecule has 3 aromatic rings. The molecular formula is C18H19BrClN3O3. The Morgan fingerprint density at radius 2 is 2.15 bits per heavy atom. The summed E-state index contributed by atoms with van der Waals surface area (Å²) in [6.07, 6.45) is 1.07. The average molecular weight is 441 g/mol. The summed E-state index contributed by atoms with van der Waals surface area (Å²) in [6.45, 7) is 7.59. The molecule has 0 unspecified atom stereocenters. The van der Waals surface area contributed by atoms with Crippen molar-refractivity contribution in [1.29, 1.82) is 0 Å². The van der Waals surface area contributed by atoms with E-state index in [0.717, 1.165) is 15.7 Å². The van der Waals surface area contributed by atoms with Gasteiger partial charge in [-0.3, -0.25) is 4.90 Å². The van der Waals surface area contributed by atoms with Crippen molar-refractivity contribution < 1.29 is 13.9 Å². The molecule has 0 aromatic carbocycles. The number of carbonyl (C=O) groups is 1. The molecule has 6 nitrogen and oxygen atoms in total. The Morgan fingerprint density at radius 3 is 2.77 bits per heavy atom. The van der Waals surface area contributed by atoms with Crippen molar-refractivity contribution in [3.05, 3.63) is 51.6 Å². The van der Waals surface area contributed by atoms with E-state index in [4.69, 9.17) is 20.8 Å². The van der Waals surface area contributed by atoms with E-state index in [9.17, 15) is 4.79 Å². The van der Waals surface area contributed by atoms with Gasteiger partial charge in [-0.25, -0.2) is 9.31 Å². The topological polar surface area (TPSA) is 60.0 Å². The van der Waals surface area contributed by atoms with Crippen molar-refractivity contribution in [2.45, 2.75) is 39.8 Å². The fourth-order valence-corrected chi connectivity index (χ4v) is 3.09. The van der Waals surface area contributed by atoms with Crippen molar-refractivity contribution in [3.8, 4) is 0 Å². The van der Waals surface area contributed by atoms with Gasteiger partial charge in [0.25, 0.3) is 0 Å². The molecule has 0 atom stereocenters. The van der Waals surface area contributed by atoms with Crippen LogP contribution in [0.4, 0.5) is 10.5 Å². The number of furan rings is 1. The van der Waals surface area contributed by atoms with Crippen LogP contribution in [0.15, 0.2) is 39.4 Å². The van der Waals surface area contributed by atoms with Crippen molar-refractivity contribution in [1.82, 2.24) is 9.61 Å². The predicted octanol–water partition coefficient (Wildman–Crippen LogP) is 5.59. The molecule has 26 heavy (non-hydrogen) atoms. The second kappa shape index (κ2) is 6.96. The summed E-state index contributed by atoms with van der Waals surface area (Å²) in [4.78, 5) is 14.4. The quantitative estimate of drug-likeness (QED) is 0.532. The Morgan fingerprint density at radius 1 is 1.42 bits per heavy atom. The SMILES string of the molecule is Cc1c(Br)cc2c(N(Cc3ccco3)C(=O)OC(C)(C)C)cc(Cl)nn12. The van der Waals surface area contributed by atoms with E-state index >= 15 is 0 Å². The standard InChI is InChI=1S/C18H19BrClN3O3/c1-11-13(19)8-15-14(9-16(20)21-23(11)15)22(10-12-6-5-7-25-12)17(24)26-18(2,3)4/h5-9H,10H2,1-4H3. The lowest BCUT2D eigenvalue weighted by atomic mass is 10.2. The number of fused-ring (bicyclic) bond motifs is 1. The summed E-state index contributed by atoms with van der Waals surface area (Å²) in [5.74, 6) is 0.629. The molecule has 0 bridgehead atoms. The summed E-state index contributed by atoms with van der Waals surface area (Å²) >= 11 is 9.73. The average Bonchev–Trinajstić information content (AvgIpc) is 3.13. The molecule has 8 heteroatoms. The number of carbonyl (C=O) groups excluding carboxylic acids is 1. The zero-order valence-electron chi connectivity index (χ0n) is 14.9. The lowest BCUT2D eigenvalue weighted by Crippen LogP contribution is -2.36. The molecule has 0 radical (unpaired) electrons. The van der Waals surface area contributed by atoms with Crippen LogP contribution in [0.3, 0.4) is 0 Å². The third-order valence-electron chi connectivity index (χ3n) is 3.67. The molecule has 0 N–H and O–H groups in total. The third-order valence-corrected chi connectivity index (χ3v) is 4.65. The van der Waals surface area contributed by atoms with Crippen LogP contribution in [-0.4, -0.2) is 21.3 Å². The van der Waals surface area contributed by atoms with Crippen LogP contribution in [0, 0.1) is 6.92 Å². The highest BCUT2D eigenvalue weighted by atomic mass is 79.9. The highest BCUT2D eigenvalue weighted by molar-refractivity contribution is 9.10. The highest BCUT2D eigenvalue weighted by Crippen LogP contribution is 2.32. The van der Waals surface area contributed by atoms with E-state index in [1.807, 2.05) is 33.8 Å². The van der Waals surface area contributed by atoms with Crippen LogP contribution in [0.1, 0.15) is 32.2 Å². The summed E-state index contributed by atoms with van der Waals surface area (Å²) in [5, 5.41) is 4.59. The first-order valence-electron chi connectivity index (χ1n) is 8.03. The highest BCUT2D eigenvalue weighted by Gasteiger charge is 2.27. The molecule has 3 heterocycles. The Labute approximate surface area is 164 Å². The minimum absolute atomic E-state index is 0.208. The van der Waals surface area contributed by atoms with Gasteiger partial charge in [0.15, 0.2) is 5.15 Å². The van der Waals surface area contributed by atoms with Gasteiger partial charge >= 0.3 is 6.09 Å². The van der Waals surface area contributed by atoms with Crippen molar-refractivity contribution >= 4 is 44.8 Å². The number of rotatable bonds is 3. The largest absolute Gasteiger partial charge is 0.467 e. The van der Waals surface area contributed by atoms with Gasteiger partial charge in [-0.2, -0.15) is 5.10 Å². The summed E-state index contributed by atoms with van der Waals surface area (Å²) < 4.78 is 13.6. The molecule has 0 spiro atoms. The van der Waals surface area contributed by atoms with Crippen LogP contribution in [0.2, 0.25) is 5.15 Å². The maximum atomic E-state index is 12.9. The molecule has 0 aliphatic rings. The van der Waals surface area contributed by atoms with E-state index in [1.165, 1.54) is 4.90 Å². The van der Waals surface area contributed by atoms with Crippen LogP contribution < -0.4 is 4.90 Å². The van der Waals surface area contributed by atoms with Crippen molar-refractivity contribution in [3.63, 3.8) is 0 Å². The summed E-state index contributed by atoms with van der Waals surface area (Å²) in [5.41, 5.74) is 1.57. The first-order chi connectivity index (χ1) is 12.2. The molecule has 0 fully saturated rings. The Kier molecular flexibility index (Phi) is 5.03. The van der Waals surface area contributed by atoms with E-state index in [-0.39, 0.29) is 11.7 Å². The molecule has 138 valence electrons. The summed E-state index contributed by atoms with van der Waals surface area (Å²) in [7, 11) is 0. The maximum Gasteiger partial charge on any atom is 0.415 e. The predicted molar refractivity (Wildman–Crippen MR) is 104 cm³/mol. The number of ether oxygens (including phenoxy) is 1. The third kappa shape index (κ3) is 3.88. The molecule has 3 rings (SSSR count). The van der Waals surface area contributed by atoms with Crippen molar-refractivity contribution in [2.24, 2.45) is 0 Å². The number of nitrogens with zero attached hydrogens (tertiary/aromatic N) is 3. The first kappa shape index (κ1) is 18.8. The molecular weight excluding hydrogens is 422 g/mol. The Bertz CT molecular complexity index is 945. The zero-order valence-corrected chi connectivity index (χ0v) is 17.3. The van der Waals surface area contributed by atoms with E-state index in [1.54, 1.807) is 29.0 Å².